The molecule has 3 N–H and O–H groups in total. The van der Waals surface area contributed by atoms with E-state index < -0.39 is 0 Å². The van der Waals surface area contributed by atoms with Crippen molar-refractivity contribution in [1.82, 2.24) is 29.5 Å². The van der Waals surface area contributed by atoms with Gasteiger partial charge in [0.15, 0.2) is 11.5 Å². The molecule has 0 bridgehead atoms. The molecule has 3 aromatic rings. The van der Waals surface area contributed by atoms with Crippen LogP contribution < -0.4 is 16.1 Å². The van der Waals surface area contributed by atoms with Crippen LogP contribution in [0.1, 0.15) is 36.1 Å². The minimum Gasteiger partial charge on any atom is -0.328 e. The summed E-state index contributed by atoms with van der Waals surface area (Å²) in [5.74, 6) is 1.54. The summed E-state index contributed by atoms with van der Waals surface area (Å²) in [6, 6.07) is 2.16. The van der Waals surface area contributed by atoms with Gasteiger partial charge < -0.3 is 16.1 Å². The van der Waals surface area contributed by atoms with Crippen molar-refractivity contribution in [1.29, 1.82) is 0 Å². The third-order valence-electron chi connectivity index (χ3n) is 5.02. The van der Waals surface area contributed by atoms with Gasteiger partial charge in [-0.25, -0.2) is 9.97 Å². The molecule has 0 spiro atoms. The quantitative estimate of drug-likeness (QED) is 0.653. The van der Waals surface area contributed by atoms with Crippen LogP contribution in [-0.2, 0) is 0 Å². The average molecular weight is 368 g/mol. The van der Waals surface area contributed by atoms with Gasteiger partial charge >= 0.3 is 0 Å². The summed E-state index contributed by atoms with van der Waals surface area (Å²) < 4.78 is 6.73. The summed E-state index contributed by atoms with van der Waals surface area (Å²) in [7, 11) is 0. The van der Waals surface area contributed by atoms with E-state index >= 15 is 0 Å². The lowest BCUT2D eigenvalue weighted by Gasteiger charge is -2.20. The summed E-state index contributed by atoms with van der Waals surface area (Å²) in [6.45, 7) is 2.94. The maximum Gasteiger partial charge on any atom is 0.180 e. The predicted octanol–water partition coefficient (Wildman–Crippen LogP) is 2.07. The van der Waals surface area contributed by atoms with Gasteiger partial charge in [0.2, 0.25) is 0 Å². The highest BCUT2D eigenvalue weighted by Crippen LogP contribution is 2.31. The fraction of sp³-hybridized carbons (Fsp3) is 0.412. The molecule has 8 nitrogen and oxygen atoms in total. The van der Waals surface area contributed by atoms with Crippen LogP contribution >= 0.6 is 11.5 Å². The Morgan fingerprint density at radius 1 is 1.23 bits per heavy atom. The zero-order chi connectivity index (χ0) is 17.3. The molecule has 1 saturated heterocycles. The molecule has 1 fully saturated rings. The first-order chi connectivity index (χ1) is 12.9. The van der Waals surface area contributed by atoms with Gasteiger partial charge in [0.25, 0.3) is 0 Å². The first kappa shape index (κ1) is 15.7. The first-order valence-corrected chi connectivity index (χ1v) is 9.68. The second-order valence-corrected chi connectivity index (χ2v) is 7.47. The highest BCUT2D eigenvalue weighted by atomic mass is 32.1. The Morgan fingerprint density at radius 2 is 2.15 bits per heavy atom. The maximum atomic E-state index is 4.66. The fourth-order valence-corrected chi connectivity index (χ4v) is 4.32. The maximum absolute atomic E-state index is 4.66. The van der Waals surface area contributed by atoms with E-state index in [0.29, 0.717) is 5.92 Å². The molecule has 3 aromatic heterocycles. The lowest BCUT2D eigenvalue weighted by molar-refractivity contribution is 0.455. The Labute approximate surface area is 154 Å². The van der Waals surface area contributed by atoms with Crippen molar-refractivity contribution in [3.63, 3.8) is 0 Å². The number of hydrogen-bond donors (Lipinski definition) is 3. The molecule has 2 aliphatic heterocycles. The minimum atomic E-state index is 0.232. The average Bonchev–Trinajstić information content (AvgIpc) is 3.43. The number of nitrogens with zero attached hydrogens (tertiary/aromatic N) is 5. The fourth-order valence-electron chi connectivity index (χ4n) is 3.60. The minimum absolute atomic E-state index is 0.232. The van der Waals surface area contributed by atoms with Gasteiger partial charge in [-0.3, -0.25) is 4.40 Å². The SMILES string of the molecule is C1=NNCC1c1cnc2c(Nc3cc(C4CCNCC4)ns3)nccn12. The van der Waals surface area contributed by atoms with Crippen molar-refractivity contribution in [2.24, 2.45) is 5.10 Å². The lowest BCUT2D eigenvalue weighted by atomic mass is 9.95. The Morgan fingerprint density at radius 3 is 3.00 bits per heavy atom. The molecule has 1 unspecified atom stereocenters. The van der Waals surface area contributed by atoms with E-state index in [1.54, 1.807) is 6.20 Å². The molecule has 0 aliphatic carbocycles. The molecule has 0 amide bonds. The number of hydrazone groups is 1. The normalized spacial score (nSPS) is 20.5. The molecule has 2 aliphatic rings. The van der Waals surface area contributed by atoms with Gasteiger partial charge in [-0.05, 0) is 43.5 Å². The van der Waals surface area contributed by atoms with Crippen molar-refractivity contribution < 1.29 is 0 Å². The molecule has 26 heavy (non-hydrogen) atoms. The van der Waals surface area contributed by atoms with Crippen molar-refractivity contribution in [3.05, 3.63) is 36.0 Å². The van der Waals surface area contributed by atoms with E-state index in [2.05, 4.69) is 46.0 Å². The molecule has 0 radical (unpaired) electrons. The predicted molar refractivity (Wildman–Crippen MR) is 102 cm³/mol. The molecule has 5 heterocycles. The van der Waals surface area contributed by atoms with Crippen molar-refractivity contribution in [2.75, 3.05) is 25.0 Å². The Kier molecular flexibility index (Phi) is 4.02. The van der Waals surface area contributed by atoms with Crippen LogP contribution in [0.5, 0.6) is 0 Å². The van der Waals surface area contributed by atoms with Gasteiger partial charge in [-0.15, -0.1) is 0 Å². The number of aromatic nitrogens is 4. The zero-order valence-electron chi connectivity index (χ0n) is 14.2. The lowest BCUT2D eigenvalue weighted by Crippen LogP contribution is -2.26. The smallest absolute Gasteiger partial charge is 0.180 e. The van der Waals surface area contributed by atoms with Crippen LogP contribution in [0, 0.1) is 0 Å². The molecular formula is C17H20N8S. The van der Waals surface area contributed by atoms with Crippen LogP contribution in [0.4, 0.5) is 10.8 Å². The topological polar surface area (TPSA) is 91.5 Å². The summed E-state index contributed by atoms with van der Waals surface area (Å²) in [6.07, 6.45) is 9.87. The van der Waals surface area contributed by atoms with Crippen LogP contribution in [0.2, 0.25) is 0 Å². The second kappa shape index (κ2) is 6.65. The van der Waals surface area contributed by atoms with Crippen LogP contribution in [0.3, 0.4) is 0 Å². The van der Waals surface area contributed by atoms with E-state index in [1.807, 2.05) is 18.6 Å². The standard InChI is InChI=1S/C17H20N8S/c1-3-18-4-2-11(1)13-7-15(26-24-13)23-16-17-20-10-14(12-8-21-22-9-12)25(17)6-5-19-16/h5-8,10-12,18,22H,1-4,9H2,(H,19,23). The van der Waals surface area contributed by atoms with Crippen LogP contribution in [0.15, 0.2) is 29.8 Å². The zero-order valence-corrected chi connectivity index (χ0v) is 15.0. The van der Waals surface area contributed by atoms with Crippen LogP contribution in [0.25, 0.3) is 5.65 Å². The summed E-state index contributed by atoms with van der Waals surface area (Å²) in [4.78, 5) is 9.07. The molecule has 9 heteroatoms. The number of fused-ring (bicyclic) bond motifs is 1. The molecule has 5 rings (SSSR count). The van der Waals surface area contributed by atoms with Crippen LogP contribution in [-0.4, -0.2) is 44.6 Å². The highest BCUT2D eigenvalue weighted by molar-refractivity contribution is 7.10. The Balaban J connectivity index is 1.41. The van der Waals surface area contributed by atoms with E-state index in [4.69, 9.17) is 0 Å². The van der Waals surface area contributed by atoms with Gasteiger partial charge in [-0.2, -0.15) is 9.47 Å². The largest absolute Gasteiger partial charge is 0.328 e. The molecular weight excluding hydrogens is 348 g/mol. The van der Waals surface area contributed by atoms with Gasteiger partial charge in [0.1, 0.15) is 5.00 Å². The number of hydrogen-bond acceptors (Lipinski definition) is 8. The second-order valence-electron chi connectivity index (χ2n) is 6.66. The van der Waals surface area contributed by atoms with Crippen molar-refractivity contribution >= 4 is 34.2 Å². The molecule has 0 aromatic carbocycles. The first-order valence-electron chi connectivity index (χ1n) is 8.91. The monoisotopic (exact) mass is 368 g/mol. The highest BCUT2D eigenvalue weighted by Gasteiger charge is 2.20. The third kappa shape index (κ3) is 2.82. The summed E-state index contributed by atoms with van der Waals surface area (Å²) >= 11 is 1.49. The van der Waals surface area contributed by atoms with E-state index in [0.717, 1.165) is 54.6 Å². The van der Waals surface area contributed by atoms with Crippen molar-refractivity contribution in [2.45, 2.75) is 24.7 Å². The number of nitrogens with one attached hydrogen (secondary N) is 3. The van der Waals surface area contributed by atoms with Gasteiger partial charge in [0, 0.05) is 31.1 Å². The number of piperidine rings is 1. The number of rotatable bonds is 4. The molecule has 1 atom stereocenters. The summed E-state index contributed by atoms with van der Waals surface area (Å²) in [5.41, 5.74) is 6.11. The Hall–Kier alpha value is -2.52. The van der Waals surface area contributed by atoms with E-state index in [-0.39, 0.29) is 5.92 Å². The number of anilines is 2. The summed E-state index contributed by atoms with van der Waals surface area (Å²) in [5, 5.41) is 11.9. The van der Waals surface area contributed by atoms with E-state index in [9.17, 15) is 0 Å². The Bertz CT molecular complexity index is 939. The van der Waals surface area contributed by atoms with Gasteiger partial charge in [0.05, 0.1) is 23.5 Å². The van der Waals surface area contributed by atoms with E-state index in [1.165, 1.54) is 17.2 Å². The number of imidazole rings is 1. The van der Waals surface area contributed by atoms with Crippen molar-refractivity contribution in [3.8, 4) is 0 Å². The third-order valence-corrected chi connectivity index (χ3v) is 5.74. The molecule has 0 saturated carbocycles. The van der Waals surface area contributed by atoms with Gasteiger partial charge in [-0.1, -0.05) is 0 Å². The molecule has 134 valence electrons.